The lowest BCUT2D eigenvalue weighted by atomic mass is 10.0. The van der Waals surface area contributed by atoms with E-state index in [4.69, 9.17) is 4.74 Å². The fraction of sp³-hybridized carbons (Fsp3) is 0.409. The van der Waals surface area contributed by atoms with Crippen LogP contribution >= 0.6 is 0 Å². The summed E-state index contributed by atoms with van der Waals surface area (Å²) in [6, 6.07) is 10.9. The molecule has 7 nitrogen and oxygen atoms in total. The first-order valence-electron chi connectivity index (χ1n) is 10.3. The van der Waals surface area contributed by atoms with E-state index in [0.29, 0.717) is 13.1 Å². The lowest BCUT2D eigenvalue weighted by molar-refractivity contribution is -0.130. The van der Waals surface area contributed by atoms with Crippen LogP contribution in [0.3, 0.4) is 0 Å². The number of hydrogen-bond donors (Lipinski definition) is 0. The number of para-hydroxylation sites is 1. The number of aryl methyl sites for hydroxylation is 1. The van der Waals surface area contributed by atoms with E-state index in [2.05, 4.69) is 11.0 Å². The number of halogens is 1. The maximum Gasteiger partial charge on any atom is 0.243 e. The zero-order valence-electron chi connectivity index (χ0n) is 17.5. The van der Waals surface area contributed by atoms with Gasteiger partial charge in [-0.25, -0.2) is 12.8 Å². The smallest absolute Gasteiger partial charge is 0.243 e. The molecular formula is C22H26FN3O4S. The minimum atomic E-state index is -3.78. The second-order valence-electron chi connectivity index (χ2n) is 7.74. The molecule has 2 aliphatic rings. The van der Waals surface area contributed by atoms with Gasteiger partial charge in [0.25, 0.3) is 0 Å². The van der Waals surface area contributed by atoms with E-state index in [-0.39, 0.29) is 30.4 Å². The van der Waals surface area contributed by atoms with Crippen LogP contribution in [0, 0.1) is 5.82 Å². The molecule has 0 N–H and O–H groups in total. The Morgan fingerprint density at radius 1 is 1.06 bits per heavy atom. The molecule has 0 radical (unpaired) electrons. The van der Waals surface area contributed by atoms with Gasteiger partial charge in [0, 0.05) is 32.7 Å². The fourth-order valence-corrected chi connectivity index (χ4v) is 5.70. The number of rotatable bonds is 5. The Bertz CT molecular complexity index is 1050. The summed E-state index contributed by atoms with van der Waals surface area (Å²) in [5.41, 5.74) is 2.14. The first-order chi connectivity index (χ1) is 14.9. The molecule has 2 aromatic carbocycles. The summed E-state index contributed by atoms with van der Waals surface area (Å²) >= 11 is 0. The molecule has 2 aliphatic heterocycles. The quantitative estimate of drug-likeness (QED) is 0.702. The number of nitrogens with zero attached hydrogens (tertiary/aromatic N) is 3. The van der Waals surface area contributed by atoms with Gasteiger partial charge in [-0.15, -0.1) is 0 Å². The summed E-state index contributed by atoms with van der Waals surface area (Å²) in [6.07, 6.45) is 1.92. The molecule has 9 heteroatoms. The molecule has 2 heterocycles. The Kier molecular flexibility index (Phi) is 6.15. The second kappa shape index (κ2) is 8.84. The number of carbonyl (C=O) groups is 1. The van der Waals surface area contributed by atoms with Crippen molar-refractivity contribution in [2.24, 2.45) is 0 Å². The molecule has 0 bridgehead atoms. The van der Waals surface area contributed by atoms with Crippen LogP contribution in [0.1, 0.15) is 12.0 Å². The van der Waals surface area contributed by atoms with E-state index in [9.17, 15) is 17.6 Å². The van der Waals surface area contributed by atoms with E-state index in [1.54, 1.807) is 12.0 Å². The van der Waals surface area contributed by atoms with Crippen molar-refractivity contribution in [2.45, 2.75) is 17.7 Å². The molecule has 0 unspecified atom stereocenters. The van der Waals surface area contributed by atoms with Gasteiger partial charge in [0.1, 0.15) is 11.6 Å². The van der Waals surface area contributed by atoms with Gasteiger partial charge in [-0.3, -0.25) is 4.79 Å². The molecule has 1 amide bonds. The standard InChI is InChI=1S/C22H26FN3O4S/c1-30-20-9-2-5-17-6-4-10-25(22(17)20)16-21(27)24-11-13-26(14-12-24)31(28,29)19-8-3-7-18(23)15-19/h2-3,5,7-9,15H,4,6,10-14,16H2,1H3. The largest absolute Gasteiger partial charge is 0.495 e. The van der Waals surface area contributed by atoms with Crippen LogP contribution in [0.15, 0.2) is 47.4 Å². The highest BCUT2D eigenvalue weighted by molar-refractivity contribution is 7.89. The molecule has 0 aromatic heterocycles. The molecule has 1 saturated heterocycles. The van der Waals surface area contributed by atoms with Crippen molar-refractivity contribution in [2.75, 3.05) is 51.3 Å². The Hall–Kier alpha value is -2.65. The SMILES string of the molecule is COc1cccc2c1N(CC(=O)N1CCN(S(=O)(=O)c3cccc(F)c3)CC1)CCC2. The number of fused-ring (bicyclic) bond motifs is 1. The summed E-state index contributed by atoms with van der Waals surface area (Å²) in [6.45, 7) is 1.98. The summed E-state index contributed by atoms with van der Waals surface area (Å²) in [5.74, 6) is 0.129. The van der Waals surface area contributed by atoms with Crippen LogP contribution < -0.4 is 9.64 Å². The van der Waals surface area contributed by atoms with Gasteiger partial charge in [0.05, 0.1) is 24.2 Å². The maximum atomic E-state index is 13.5. The number of sulfonamides is 1. The van der Waals surface area contributed by atoms with Gasteiger partial charge < -0.3 is 14.5 Å². The normalized spacial score (nSPS) is 17.4. The van der Waals surface area contributed by atoms with E-state index < -0.39 is 15.8 Å². The van der Waals surface area contributed by atoms with E-state index in [1.165, 1.54) is 28.1 Å². The number of piperazine rings is 1. The molecule has 31 heavy (non-hydrogen) atoms. The lowest BCUT2D eigenvalue weighted by Crippen LogP contribution is -2.52. The second-order valence-corrected chi connectivity index (χ2v) is 9.67. The van der Waals surface area contributed by atoms with Gasteiger partial charge in [-0.05, 0) is 42.7 Å². The Morgan fingerprint density at radius 3 is 2.52 bits per heavy atom. The summed E-state index contributed by atoms with van der Waals surface area (Å²) < 4.78 is 45.8. The highest BCUT2D eigenvalue weighted by Crippen LogP contribution is 2.36. The Balaban J connectivity index is 1.41. The van der Waals surface area contributed by atoms with Crippen molar-refractivity contribution in [3.63, 3.8) is 0 Å². The van der Waals surface area contributed by atoms with Crippen LogP contribution in [0.2, 0.25) is 0 Å². The predicted octanol–water partition coefficient (Wildman–Crippen LogP) is 2.12. The first kappa shape index (κ1) is 21.6. The van der Waals surface area contributed by atoms with E-state index in [1.807, 2.05) is 12.1 Å². The van der Waals surface area contributed by atoms with Crippen LogP contribution in [-0.2, 0) is 21.2 Å². The highest BCUT2D eigenvalue weighted by Gasteiger charge is 2.31. The molecule has 0 spiro atoms. The zero-order valence-corrected chi connectivity index (χ0v) is 18.3. The maximum absolute atomic E-state index is 13.5. The van der Waals surface area contributed by atoms with Gasteiger partial charge in [0.15, 0.2) is 0 Å². The first-order valence-corrected chi connectivity index (χ1v) is 11.8. The molecule has 0 saturated carbocycles. The number of amides is 1. The lowest BCUT2D eigenvalue weighted by Gasteiger charge is -2.37. The number of carbonyl (C=O) groups excluding carboxylic acids is 1. The third-order valence-corrected chi connectivity index (χ3v) is 7.74. The summed E-state index contributed by atoms with van der Waals surface area (Å²) in [7, 11) is -2.15. The van der Waals surface area contributed by atoms with Gasteiger partial charge in [-0.2, -0.15) is 4.31 Å². The monoisotopic (exact) mass is 447 g/mol. The van der Waals surface area contributed by atoms with Crippen LogP contribution in [0.25, 0.3) is 0 Å². The number of hydrogen-bond acceptors (Lipinski definition) is 5. The van der Waals surface area contributed by atoms with Crippen LogP contribution in [0.5, 0.6) is 5.75 Å². The highest BCUT2D eigenvalue weighted by atomic mass is 32.2. The van der Waals surface area contributed by atoms with E-state index >= 15 is 0 Å². The van der Waals surface area contributed by atoms with Crippen LogP contribution in [-0.4, -0.2) is 69.9 Å². The van der Waals surface area contributed by atoms with Crippen molar-refractivity contribution >= 4 is 21.6 Å². The molecule has 1 fully saturated rings. The van der Waals surface area contributed by atoms with Gasteiger partial charge in [-0.1, -0.05) is 18.2 Å². The van der Waals surface area contributed by atoms with E-state index in [0.717, 1.165) is 36.9 Å². The average Bonchev–Trinajstić information content (AvgIpc) is 2.79. The number of anilines is 1. The van der Waals surface area contributed by atoms with Crippen LogP contribution in [0.4, 0.5) is 10.1 Å². The van der Waals surface area contributed by atoms with Crippen molar-refractivity contribution in [3.05, 3.63) is 53.8 Å². The molecular weight excluding hydrogens is 421 g/mol. The number of benzene rings is 2. The van der Waals surface area contributed by atoms with Gasteiger partial charge >= 0.3 is 0 Å². The molecule has 0 atom stereocenters. The van der Waals surface area contributed by atoms with Crippen molar-refractivity contribution in [3.8, 4) is 5.75 Å². The Labute approximate surface area is 182 Å². The summed E-state index contributed by atoms with van der Waals surface area (Å²) in [4.78, 5) is 16.7. The molecule has 166 valence electrons. The predicted molar refractivity (Wildman–Crippen MR) is 115 cm³/mol. The number of ether oxygens (including phenoxy) is 1. The third kappa shape index (κ3) is 4.38. The molecule has 0 aliphatic carbocycles. The van der Waals surface area contributed by atoms with Crippen molar-refractivity contribution in [1.82, 2.24) is 9.21 Å². The summed E-state index contributed by atoms with van der Waals surface area (Å²) in [5, 5.41) is 0. The van der Waals surface area contributed by atoms with Crippen molar-refractivity contribution < 1.29 is 22.3 Å². The minimum Gasteiger partial charge on any atom is -0.495 e. The third-order valence-electron chi connectivity index (χ3n) is 5.84. The minimum absolute atomic E-state index is 0.0402. The van der Waals surface area contributed by atoms with Gasteiger partial charge in [0.2, 0.25) is 15.9 Å². The average molecular weight is 448 g/mol. The molecule has 2 aromatic rings. The zero-order chi connectivity index (χ0) is 22.0. The molecule has 4 rings (SSSR count). The fourth-order valence-electron chi connectivity index (χ4n) is 4.24. The Morgan fingerprint density at radius 2 is 1.81 bits per heavy atom. The van der Waals surface area contributed by atoms with Crippen molar-refractivity contribution in [1.29, 1.82) is 0 Å². The topological polar surface area (TPSA) is 70.2 Å². The number of methoxy groups -OCH3 is 1.